The molecule has 0 radical (unpaired) electrons. The minimum Gasteiger partial charge on any atom is -0.494 e. The lowest BCUT2D eigenvalue weighted by Crippen LogP contribution is -2.25. The van der Waals surface area contributed by atoms with Gasteiger partial charge in [0.1, 0.15) is 29.7 Å². The van der Waals surface area contributed by atoms with Crippen molar-refractivity contribution >= 4 is 0 Å². The number of aromatic nitrogens is 6. The Labute approximate surface area is 167 Å². The van der Waals surface area contributed by atoms with Gasteiger partial charge in [-0.15, -0.1) is 5.10 Å². The van der Waals surface area contributed by atoms with Gasteiger partial charge in [0, 0.05) is 12.7 Å². The topological polar surface area (TPSA) is 100.0 Å². The lowest BCUT2D eigenvalue weighted by molar-refractivity contribution is -0.0618. The normalized spacial score (nSPS) is 18.0. The highest BCUT2D eigenvalue weighted by Crippen LogP contribution is 2.29. The maximum atomic E-state index is 13.7. The highest BCUT2D eigenvalue weighted by molar-refractivity contribution is 5.49. The molecule has 2 aromatic heterocycles. The van der Waals surface area contributed by atoms with E-state index in [2.05, 4.69) is 25.3 Å². The molecule has 1 aliphatic heterocycles. The van der Waals surface area contributed by atoms with Crippen molar-refractivity contribution in [2.45, 2.75) is 38.4 Å². The molecule has 10 heteroatoms. The highest BCUT2D eigenvalue weighted by atomic mass is 19.1. The summed E-state index contributed by atoms with van der Waals surface area (Å²) in [7, 11) is 1.48. The van der Waals surface area contributed by atoms with Crippen molar-refractivity contribution in [3.8, 4) is 23.1 Å². The van der Waals surface area contributed by atoms with Crippen LogP contribution in [0.3, 0.4) is 0 Å². The van der Waals surface area contributed by atoms with Crippen LogP contribution in [0.4, 0.5) is 4.39 Å². The first-order chi connectivity index (χ1) is 14.2. The van der Waals surface area contributed by atoms with Crippen LogP contribution in [-0.4, -0.2) is 56.4 Å². The van der Waals surface area contributed by atoms with Crippen LogP contribution in [0.1, 0.15) is 38.1 Å². The quantitative estimate of drug-likeness (QED) is 0.649. The predicted molar refractivity (Wildman–Crippen MR) is 101 cm³/mol. The molecule has 0 amide bonds. The number of hydrogen-bond donors (Lipinski definition) is 1. The van der Waals surface area contributed by atoms with Crippen molar-refractivity contribution in [3.05, 3.63) is 36.2 Å². The molecule has 29 heavy (non-hydrogen) atoms. The predicted octanol–water partition coefficient (Wildman–Crippen LogP) is 2.85. The fourth-order valence-electron chi connectivity index (χ4n) is 3.27. The summed E-state index contributed by atoms with van der Waals surface area (Å²) in [6, 6.07) is 4.24. The van der Waals surface area contributed by atoms with Gasteiger partial charge in [-0.25, -0.2) is 19.0 Å². The second-order valence-electron chi connectivity index (χ2n) is 6.82. The summed E-state index contributed by atoms with van der Waals surface area (Å²) in [6.07, 6.45) is 4.28. The highest BCUT2D eigenvalue weighted by Gasteiger charge is 2.24. The summed E-state index contributed by atoms with van der Waals surface area (Å²) in [6.45, 7) is 3.12. The number of hydrogen-bond acceptors (Lipinski definition) is 7. The molecular formula is C19H23FN6O3. The average molecular weight is 402 g/mol. The third-order valence-electron chi connectivity index (χ3n) is 4.80. The zero-order valence-electron chi connectivity index (χ0n) is 16.3. The summed E-state index contributed by atoms with van der Waals surface area (Å²) < 4.78 is 32.4. The van der Waals surface area contributed by atoms with Crippen molar-refractivity contribution in [2.24, 2.45) is 0 Å². The SMILES string of the molecule is COc1cc(F)ccc1-n1nc(-c2ncn[nH]2)nc1C(C)OCC1CCCCO1. The number of benzene rings is 1. The number of nitrogens with zero attached hydrogens (tertiary/aromatic N) is 5. The van der Waals surface area contributed by atoms with Gasteiger partial charge >= 0.3 is 0 Å². The van der Waals surface area contributed by atoms with Crippen LogP contribution in [0.5, 0.6) is 5.75 Å². The maximum Gasteiger partial charge on any atom is 0.219 e. The zero-order chi connectivity index (χ0) is 20.2. The largest absolute Gasteiger partial charge is 0.494 e. The maximum absolute atomic E-state index is 13.7. The molecule has 3 heterocycles. The Balaban J connectivity index is 1.66. The van der Waals surface area contributed by atoms with Crippen LogP contribution in [0.25, 0.3) is 17.3 Å². The molecule has 0 spiro atoms. The molecule has 1 N–H and O–H groups in total. The third kappa shape index (κ3) is 4.28. The Bertz CT molecular complexity index is 940. The monoisotopic (exact) mass is 402 g/mol. The molecule has 1 fully saturated rings. The van der Waals surface area contributed by atoms with Crippen LogP contribution in [0.2, 0.25) is 0 Å². The van der Waals surface area contributed by atoms with Crippen LogP contribution < -0.4 is 4.74 Å². The molecule has 9 nitrogen and oxygen atoms in total. The summed E-state index contributed by atoms with van der Waals surface area (Å²) in [4.78, 5) is 8.71. The van der Waals surface area contributed by atoms with Crippen LogP contribution in [0, 0.1) is 5.82 Å². The van der Waals surface area contributed by atoms with Crippen molar-refractivity contribution in [3.63, 3.8) is 0 Å². The first kappa shape index (κ1) is 19.5. The van der Waals surface area contributed by atoms with E-state index in [-0.39, 0.29) is 12.2 Å². The fourth-order valence-corrected chi connectivity index (χ4v) is 3.27. The molecular weight excluding hydrogens is 379 g/mol. The summed E-state index contributed by atoms with van der Waals surface area (Å²) in [5.41, 5.74) is 0.548. The zero-order valence-corrected chi connectivity index (χ0v) is 16.3. The second-order valence-corrected chi connectivity index (χ2v) is 6.82. The van der Waals surface area contributed by atoms with Crippen LogP contribution >= 0.6 is 0 Å². The number of aromatic amines is 1. The van der Waals surface area contributed by atoms with Crippen LogP contribution in [0.15, 0.2) is 24.5 Å². The first-order valence-electron chi connectivity index (χ1n) is 9.55. The molecule has 3 aromatic rings. The number of H-pyrrole nitrogens is 1. The smallest absolute Gasteiger partial charge is 0.219 e. The Kier molecular flexibility index (Phi) is 5.81. The van der Waals surface area contributed by atoms with Gasteiger partial charge < -0.3 is 14.2 Å². The summed E-state index contributed by atoms with van der Waals surface area (Å²) in [5.74, 6) is 1.25. The standard InChI is InChI=1S/C19H23FN6O3/c1-12(29-10-14-5-3-4-8-28-14)19-23-18(17-21-11-22-24-17)25-26(19)15-7-6-13(20)9-16(15)27-2/h6-7,9,11-12,14H,3-5,8,10H2,1-2H3,(H,21,22,24). The molecule has 1 saturated heterocycles. The van der Waals surface area contributed by atoms with Gasteiger partial charge in [0.2, 0.25) is 5.82 Å². The number of halogens is 1. The molecule has 2 unspecified atom stereocenters. The van der Waals surface area contributed by atoms with Gasteiger partial charge in [-0.1, -0.05) is 0 Å². The molecule has 4 rings (SSSR count). The van der Waals surface area contributed by atoms with E-state index in [1.807, 2.05) is 6.92 Å². The fraction of sp³-hybridized carbons (Fsp3) is 0.474. The van der Waals surface area contributed by atoms with E-state index >= 15 is 0 Å². The van der Waals surface area contributed by atoms with E-state index in [4.69, 9.17) is 14.2 Å². The van der Waals surface area contributed by atoms with E-state index < -0.39 is 5.82 Å². The Morgan fingerprint density at radius 3 is 3.00 bits per heavy atom. The minimum absolute atomic E-state index is 0.0803. The number of methoxy groups -OCH3 is 1. The Morgan fingerprint density at radius 2 is 2.28 bits per heavy atom. The van der Waals surface area contributed by atoms with E-state index in [1.165, 1.54) is 25.6 Å². The van der Waals surface area contributed by atoms with Crippen molar-refractivity contribution < 1.29 is 18.6 Å². The van der Waals surface area contributed by atoms with Gasteiger partial charge in [0.05, 0.1) is 19.8 Å². The van der Waals surface area contributed by atoms with E-state index in [1.54, 1.807) is 10.7 Å². The third-order valence-corrected chi connectivity index (χ3v) is 4.80. The molecule has 0 aliphatic carbocycles. The van der Waals surface area contributed by atoms with Crippen molar-refractivity contribution in [2.75, 3.05) is 20.3 Å². The average Bonchev–Trinajstić information content (AvgIpc) is 3.42. The first-order valence-corrected chi connectivity index (χ1v) is 9.55. The molecule has 0 saturated carbocycles. The molecule has 0 bridgehead atoms. The second kappa shape index (κ2) is 8.66. The van der Waals surface area contributed by atoms with Gasteiger partial charge in [-0.05, 0) is 38.3 Å². The Morgan fingerprint density at radius 1 is 1.38 bits per heavy atom. The van der Waals surface area contributed by atoms with Gasteiger partial charge in [0.15, 0.2) is 11.6 Å². The Hall–Kier alpha value is -2.85. The van der Waals surface area contributed by atoms with Gasteiger partial charge in [-0.3, -0.25) is 5.10 Å². The lowest BCUT2D eigenvalue weighted by Gasteiger charge is -2.24. The van der Waals surface area contributed by atoms with Crippen molar-refractivity contribution in [1.29, 1.82) is 0 Å². The summed E-state index contributed by atoms with van der Waals surface area (Å²) >= 11 is 0. The summed E-state index contributed by atoms with van der Waals surface area (Å²) in [5, 5.41) is 11.1. The molecule has 154 valence electrons. The minimum atomic E-state index is -0.401. The molecule has 1 aromatic carbocycles. The van der Waals surface area contributed by atoms with E-state index in [0.717, 1.165) is 25.9 Å². The van der Waals surface area contributed by atoms with Gasteiger partial charge in [-0.2, -0.15) is 5.10 Å². The molecule has 1 aliphatic rings. The van der Waals surface area contributed by atoms with Gasteiger partial charge in [0.25, 0.3) is 0 Å². The molecule has 2 atom stereocenters. The van der Waals surface area contributed by atoms with Crippen LogP contribution in [-0.2, 0) is 9.47 Å². The van der Waals surface area contributed by atoms with E-state index in [9.17, 15) is 4.39 Å². The number of rotatable bonds is 7. The lowest BCUT2D eigenvalue weighted by atomic mass is 10.1. The van der Waals surface area contributed by atoms with E-state index in [0.29, 0.717) is 35.5 Å². The number of ether oxygens (including phenoxy) is 3. The number of nitrogens with one attached hydrogen (secondary N) is 1. The van der Waals surface area contributed by atoms with Crippen molar-refractivity contribution in [1.82, 2.24) is 29.9 Å².